The van der Waals surface area contributed by atoms with Crippen molar-refractivity contribution in [3.8, 4) is 5.69 Å². The minimum absolute atomic E-state index is 0.0666. The molecule has 0 atom stereocenters. The summed E-state index contributed by atoms with van der Waals surface area (Å²) in [7, 11) is 2.07. The maximum atomic E-state index is 12.8. The Morgan fingerprint density at radius 3 is 2.56 bits per heavy atom. The number of benzene rings is 2. The van der Waals surface area contributed by atoms with Gasteiger partial charge in [0.25, 0.3) is 5.91 Å². The van der Waals surface area contributed by atoms with Crippen molar-refractivity contribution in [2.75, 3.05) is 38.5 Å². The fourth-order valence-corrected chi connectivity index (χ4v) is 3.95. The Morgan fingerprint density at radius 1 is 1.03 bits per heavy atom. The van der Waals surface area contributed by atoms with Crippen LogP contribution < -0.4 is 5.32 Å². The smallest absolute Gasteiger partial charge is 0.253 e. The molecule has 0 radical (unpaired) electrons. The van der Waals surface area contributed by atoms with Crippen molar-refractivity contribution in [3.05, 3.63) is 71.6 Å². The topological polar surface area (TPSA) is 79.2 Å². The number of aromatic nitrogens is 4. The second kappa shape index (κ2) is 8.57. The van der Waals surface area contributed by atoms with Gasteiger partial charge in [-0.3, -0.25) is 4.79 Å². The second-order valence-electron chi connectivity index (χ2n) is 7.79. The number of hydrogen-bond donors (Lipinski definition) is 1. The van der Waals surface area contributed by atoms with Crippen LogP contribution in [0, 0.1) is 0 Å². The van der Waals surface area contributed by atoms with E-state index in [-0.39, 0.29) is 5.91 Å². The maximum Gasteiger partial charge on any atom is 0.253 e. The van der Waals surface area contributed by atoms with Crippen LogP contribution in [0.25, 0.3) is 16.7 Å². The Kier molecular flexibility index (Phi) is 5.46. The predicted octanol–water partition coefficient (Wildman–Crippen LogP) is 3.60. The van der Waals surface area contributed by atoms with Crippen LogP contribution in [0.3, 0.4) is 0 Å². The number of hydrogen-bond acceptors (Lipinski definition) is 6. The van der Waals surface area contributed by atoms with E-state index >= 15 is 0 Å². The third-order valence-corrected chi connectivity index (χ3v) is 5.84. The molecule has 0 unspecified atom stereocenters. The molecule has 9 heteroatoms. The van der Waals surface area contributed by atoms with Crippen LogP contribution in [-0.2, 0) is 0 Å². The highest BCUT2D eigenvalue weighted by Crippen LogP contribution is 2.25. The van der Waals surface area contributed by atoms with E-state index in [4.69, 9.17) is 11.6 Å². The molecular formula is C23H22ClN7O. The Hall–Kier alpha value is -3.49. The van der Waals surface area contributed by atoms with E-state index in [1.807, 2.05) is 53.4 Å². The molecule has 32 heavy (non-hydrogen) atoms. The molecule has 1 fully saturated rings. The summed E-state index contributed by atoms with van der Waals surface area (Å²) in [6, 6.07) is 14.9. The van der Waals surface area contributed by atoms with Crippen LogP contribution >= 0.6 is 11.6 Å². The van der Waals surface area contributed by atoms with Gasteiger partial charge in [0.2, 0.25) is 0 Å². The Labute approximate surface area is 190 Å². The standard InChI is InChI=1S/C23H22ClN7O/c1-29-9-11-30(12-10-29)23(32)16-5-7-18(8-6-16)28-21-20-14-27-31(22(20)26-15-25-21)19-4-2-3-17(24)13-19/h2-8,13-15H,9-12H2,1H3,(H,25,26,28). The van der Waals surface area contributed by atoms with E-state index in [0.29, 0.717) is 22.1 Å². The number of nitrogens with one attached hydrogen (secondary N) is 1. The van der Waals surface area contributed by atoms with Gasteiger partial charge in [0.1, 0.15) is 12.1 Å². The number of fused-ring (bicyclic) bond motifs is 1. The summed E-state index contributed by atoms with van der Waals surface area (Å²) >= 11 is 6.13. The monoisotopic (exact) mass is 447 g/mol. The largest absolute Gasteiger partial charge is 0.340 e. The number of anilines is 2. The van der Waals surface area contributed by atoms with Crippen LogP contribution in [0.2, 0.25) is 5.02 Å². The van der Waals surface area contributed by atoms with Crippen LogP contribution in [0.15, 0.2) is 61.1 Å². The van der Waals surface area contributed by atoms with Crippen LogP contribution in [0.4, 0.5) is 11.5 Å². The van der Waals surface area contributed by atoms with Crippen LogP contribution in [-0.4, -0.2) is 68.7 Å². The fourth-order valence-electron chi connectivity index (χ4n) is 3.77. The van der Waals surface area contributed by atoms with Crippen molar-refractivity contribution in [1.82, 2.24) is 29.5 Å². The molecule has 162 valence electrons. The number of nitrogens with zero attached hydrogens (tertiary/aromatic N) is 6. The first-order chi connectivity index (χ1) is 15.6. The zero-order valence-electron chi connectivity index (χ0n) is 17.6. The lowest BCUT2D eigenvalue weighted by Crippen LogP contribution is -2.47. The first-order valence-corrected chi connectivity index (χ1v) is 10.8. The molecule has 4 aromatic rings. The van der Waals surface area contributed by atoms with E-state index in [1.165, 1.54) is 6.33 Å². The van der Waals surface area contributed by atoms with E-state index in [9.17, 15) is 4.79 Å². The molecule has 2 aromatic carbocycles. The third kappa shape index (κ3) is 4.02. The molecule has 3 heterocycles. The van der Waals surface area contributed by atoms with E-state index < -0.39 is 0 Å². The molecule has 0 spiro atoms. The highest BCUT2D eigenvalue weighted by Gasteiger charge is 2.20. The van der Waals surface area contributed by atoms with Gasteiger partial charge in [0.05, 0.1) is 17.3 Å². The van der Waals surface area contributed by atoms with Gasteiger partial charge in [-0.2, -0.15) is 5.10 Å². The highest BCUT2D eigenvalue weighted by atomic mass is 35.5. The molecule has 2 aromatic heterocycles. The number of carbonyl (C=O) groups excluding carboxylic acids is 1. The van der Waals surface area contributed by atoms with Gasteiger partial charge in [-0.05, 0) is 49.5 Å². The van der Waals surface area contributed by atoms with Crippen molar-refractivity contribution < 1.29 is 4.79 Å². The number of rotatable bonds is 4. The summed E-state index contributed by atoms with van der Waals surface area (Å²) in [4.78, 5) is 25.7. The Bertz CT molecular complexity index is 1260. The summed E-state index contributed by atoms with van der Waals surface area (Å²) < 4.78 is 1.73. The number of carbonyl (C=O) groups is 1. The van der Waals surface area contributed by atoms with Gasteiger partial charge in [0.15, 0.2) is 5.65 Å². The zero-order valence-corrected chi connectivity index (χ0v) is 18.3. The average Bonchev–Trinajstić information content (AvgIpc) is 3.25. The van der Waals surface area contributed by atoms with Crippen LogP contribution in [0.5, 0.6) is 0 Å². The normalized spacial score (nSPS) is 14.6. The number of halogens is 1. The lowest BCUT2D eigenvalue weighted by molar-refractivity contribution is 0.0664. The first-order valence-electron chi connectivity index (χ1n) is 10.4. The molecule has 0 saturated carbocycles. The molecular weight excluding hydrogens is 426 g/mol. The Balaban J connectivity index is 1.36. The van der Waals surface area contributed by atoms with E-state index in [2.05, 4.69) is 32.3 Å². The molecule has 1 aliphatic heterocycles. The van der Waals surface area contributed by atoms with Crippen molar-refractivity contribution in [2.45, 2.75) is 0 Å². The van der Waals surface area contributed by atoms with E-state index in [1.54, 1.807) is 10.9 Å². The SMILES string of the molecule is CN1CCN(C(=O)c2ccc(Nc3ncnc4c3cnn4-c3cccc(Cl)c3)cc2)CC1. The summed E-state index contributed by atoms with van der Waals surface area (Å²) in [5.74, 6) is 0.707. The number of piperazine rings is 1. The lowest BCUT2D eigenvalue weighted by atomic mass is 10.1. The number of likely N-dealkylation sites (N-methyl/N-ethyl adjacent to an activating group) is 1. The summed E-state index contributed by atoms with van der Waals surface area (Å²) in [5, 5.41) is 9.19. The summed E-state index contributed by atoms with van der Waals surface area (Å²) in [5.41, 5.74) is 3.01. The quantitative estimate of drug-likeness (QED) is 0.515. The van der Waals surface area contributed by atoms with Crippen molar-refractivity contribution in [1.29, 1.82) is 0 Å². The maximum absolute atomic E-state index is 12.8. The van der Waals surface area contributed by atoms with E-state index in [0.717, 1.165) is 42.9 Å². The molecule has 0 bridgehead atoms. The number of amides is 1. The summed E-state index contributed by atoms with van der Waals surface area (Å²) in [6.45, 7) is 3.31. The fraction of sp³-hybridized carbons (Fsp3) is 0.217. The zero-order chi connectivity index (χ0) is 22.1. The molecule has 5 rings (SSSR count). The Morgan fingerprint density at radius 2 is 1.81 bits per heavy atom. The van der Waals surface area contributed by atoms with Crippen molar-refractivity contribution >= 4 is 40.0 Å². The van der Waals surface area contributed by atoms with Gasteiger partial charge in [-0.25, -0.2) is 14.6 Å². The van der Waals surface area contributed by atoms with Crippen LogP contribution in [0.1, 0.15) is 10.4 Å². The molecule has 8 nitrogen and oxygen atoms in total. The van der Waals surface area contributed by atoms with Gasteiger partial charge in [-0.15, -0.1) is 0 Å². The highest BCUT2D eigenvalue weighted by molar-refractivity contribution is 6.30. The average molecular weight is 448 g/mol. The van der Waals surface area contributed by atoms with Gasteiger partial charge >= 0.3 is 0 Å². The molecule has 1 saturated heterocycles. The summed E-state index contributed by atoms with van der Waals surface area (Å²) in [6.07, 6.45) is 3.22. The van der Waals surface area contributed by atoms with Gasteiger partial charge in [0, 0.05) is 42.5 Å². The molecule has 0 aliphatic carbocycles. The minimum Gasteiger partial charge on any atom is -0.340 e. The molecule has 1 aliphatic rings. The molecule has 1 N–H and O–H groups in total. The van der Waals surface area contributed by atoms with Gasteiger partial charge < -0.3 is 15.1 Å². The third-order valence-electron chi connectivity index (χ3n) is 5.60. The molecule has 1 amide bonds. The minimum atomic E-state index is 0.0666. The van der Waals surface area contributed by atoms with Crippen molar-refractivity contribution in [2.24, 2.45) is 0 Å². The van der Waals surface area contributed by atoms with Gasteiger partial charge in [-0.1, -0.05) is 17.7 Å². The second-order valence-corrected chi connectivity index (χ2v) is 8.23. The lowest BCUT2D eigenvalue weighted by Gasteiger charge is -2.32. The predicted molar refractivity (Wildman–Crippen MR) is 125 cm³/mol. The van der Waals surface area contributed by atoms with Crippen molar-refractivity contribution in [3.63, 3.8) is 0 Å². The first kappa shape index (κ1) is 20.4.